The summed E-state index contributed by atoms with van der Waals surface area (Å²) in [7, 11) is 0. The van der Waals surface area contributed by atoms with Gasteiger partial charge in [-0.1, -0.05) is 74.9 Å². The first-order chi connectivity index (χ1) is 12.3. The van der Waals surface area contributed by atoms with E-state index in [1.807, 2.05) is 36.4 Å². The molecule has 0 fully saturated rings. The van der Waals surface area contributed by atoms with Crippen molar-refractivity contribution >= 4 is 11.6 Å². The van der Waals surface area contributed by atoms with E-state index in [1.54, 1.807) is 0 Å². The molecule has 0 heterocycles. The van der Waals surface area contributed by atoms with Gasteiger partial charge in [-0.05, 0) is 48.4 Å². The fraction of sp³-hybridized carbons (Fsp3) is 0.455. The Morgan fingerprint density at radius 1 is 0.880 bits per heavy atom. The van der Waals surface area contributed by atoms with E-state index in [9.17, 15) is 0 Å². The lowest BCUT2D eigenvalue weighted by atomic mass is 10.1. The van der Waals surface area contributed by atoms with Crippen LogP contribution >= 0.6 is 11.6 Å². The van der Waals surface area contributed by atoms with E-state index >= 15 is 0 Å². The van der Waals surface area contributed by atoms with Gasteiger partial charge in [0.1, 0.15) is 12.4 Å². The van der Waals surface area contributed by atoms with Gasteiger partial charge in [0, 0.05) is 11.6 Å². The number of benzene rings is 2. The molecular weight excluding hydrogens is 330 g/mol. The van der Waals surface area contributed by atoms with Crippen LogP contribution in [-0.4, -0.2) is 6.54 Å². The molecular formula is C22H30ClNO. The van der Waals surface area contributed by atoms with Crippen molar-refractivity contribution in [2.45, 2.75) is 58.6 Å². The molecule has 0 amide bonds. The maximum atomic E-state index is 5.99. The molecule has 2 rings (SSSR count). The summed E-state index contributed by atoms with van der Waals surface area (Å²) in [5.41, 5.74) is 2.37. The molecule has 0 aliphatic rings. The lowest BCUT2D eigenvalue weighted by molar-refractivity contribution is 0.306. The molecule has 0 radical (unpaired) electrons. The third-order valence-corrected chi connectivity index (χ3v) is 4.49. The van der Waals surface area contributed by atoms with Crippen molar-refractivity contribution in [3.8, 4) is 5.75 Å². The average Bonchev–Trinajstić information content (AvgIpc) is 2.63. The fourth-order valence-electron chi connectivity index (χ4n) is 2.76. The third-order valence-electron chi connectivity index (χ3n) is 4.25. The van der Waals surface area contributed by atoms with Crippen LogP contribution in [0.5, 0.6) is 5.75 Å². The Kier molecular flexibility index (Phi) is 9.46. The number of ether oxygens (including phenoxy) is 1. The molecule has 0 saturated carbocycles. The summed E-state index contributed by atoms with van der Waals surface area (Å²) in [4.78, 5) is 0. The van der Waals surface area contributed by atoms with E-state index in [-0.39, 0.29) is 0 Å². The van der Waals surface area contributed by atoms with Crippen LogP contribution in [-0.2, 0) is 13.2 Å². The van der Waals surface area contributed by atoms with Crippen LogP contribution in [0.3, 0.4) is 0 Å². The molecule has 2 aromatic carbocycles. The van der Waals surface area contributed by atoms with Crippen LogP contribution in [0.4, 0.5) is 0 Å². The highest BCUT2D eigenvalue weighted by atomic mass is 35.5. The van der Waals surface area contributed by atoms with Crippen LogP contribution in [0, 0.1) is 0 Å². The minimum Gasteiger partial charge on any atom is -0.489 e. The third kappa shape index (κ3) is 8.42. The number of nitrogens with one attached hydrogen (secondary N) is 1. The molecule has 0 aliphatic heterocycles. The molecule has 0 spiro atoms. The standard InChI is InChI=1S/C22H30ClNO/c1-2-3-4-5-6-7-15-24-17-19-11-13-22(14-12-19)25-18-20-9-8-10-21(23)16-20/h8-14,16,24H,2-7,15,17-18H2,1H3. The topological polar surface area (TPSA) is 21.3 Å². The lowest BCUT2D eigenvalue weighted by Gasteiger charge is -2.08. The zero-order chi connectivity index (χ0) is 17.7. The first-order valence-corrected chi connectivity index (χ1v) is 9.82. The first kappa shape index (κ1) is 19.8. The van der Waals surface area contributed by atoms with Gasteiger partial charge in [0.15, 0.2) is 0 Å². The van der Waals surface area contributed by atoms with Crippen molar-refractivity contribution < 1.29 is 4.74 Å². The number of hydrogen-bond acceptors (Lipinski definition) is 2. The summed E-state index contributed by atoms with van der Waals surface area (Å²) in [6.07, 6.45) is 8.05. The summed E-state index contributed by atoms with van der Waals surface area (Å²) in [6, 6.07) is 16.1. The van der Waals surface area contributed by atoms with E-state index < -0.39 is 0 Å². The van der Waals surface area contributed by atoms with Gasteiger partial charge in [0.2, 0.25) is 0 Å². The van der Waals surface area contributed by atoms with E-state index in [2.05, 4.69) is 24.4 Å². The zero-order valence-electron chi connectivity index (χ0n) is 15.3. The second-order valence-electron chi connectivity index (χ2n) is 6.51. The SMILES string of the molecule is CCCCCCCCNCc1ccc(OCc2cccc(Cl)c2)cc1. The minimum absolute atomic E-state index is 0.538. The number of halogens is 1. The smallest absolute Gasteiger partial charge is 0.119 e. The van der Waals surface area contributed by atoms with Gasteiger partial charge in [-0.25, -0.2) is 0 Å². The second kappa shape index (κ2) is 11.9. The summed E-state index contributed by atoms with van der Waals surface area (Å²) in [5.74, 6) is 0.889. The molecule has 1 N–H and O–H groups in total. The normalized spacial score (nSPS) is 10.8. The second-order valence-corrected chi connectivity index (χ2v) is 6.94. The van der Waals surface area contributed by atoms with Gasteiger partial charge in [-0.2, -0.15) is 0 Å². The van der Waals surface area contributed by atoms with E-state index in [0.29, 0.717) is 6.61 Å². The molecule has 0 unspecified atom stereocenters. The van der Waals surface area contributed by atoms with Gasteiger partial charge in [-0.15, -0.1) is 0 Å². The van der Waals surface area contributed by atoms with Crippen molar-refractivity contribution in [3.05, 3.63) is 64.7 Å². The largest absolute Gasteiger partial charge is 0.489 e. The summed E-state index contributed by atoms with van der Waals surface area (Å²) < 4.78 is 5.81. The van der Waals surface area contributed by atoms with Crippen molar-refractivity contribution in [2.75, 3.05) is 6.54 Å². The van der Waals surface area contributed by atoms with E-state index in [4.69, 9.17) is 16.3 Å². The zero-order valence-corrected chi connectivity index (χ0v) is 16.0. The van der Waals surface area contributed by atoms with Gasteiger partial charge >= 0.3 is 0 Å². The summed E-state index contributed by atoms with van der Waals surface area (Å²) in [6.45, 7) is 4.81. The van der Waals surface area contributed by atoms with Crippen LogP contribution in [0.15, 0.2) is 48.5 Å². The van der Waals surface area contributed by atoms with Crippen LogP contribution in [0.1, 0.15) is 56.6 Å². The molecule has 0 atom stereocenters. The van der Waals surface area contributed by atoms with E-state index in [1.165, 1.54) is 44.1 Å². The Bertz CT molecular complexity index is 597. The molecule has 0 aromatic heterocycles. The Hall–Kier alpha value is -1.51. The molecule has 0 aliphatic carbocycles. The Morgan fingerprint density at radius 3 is 2.40 bits per heavy atom. The molecule has 2 aromatic rings. The van der Waals surface area contributed by atoms with Gasteiger partial charge in [0.25, 0.3) is 0 Å². The van der Waals surface area contributed by atoms with Crippen LogP contribution < -0.4 is 10.1 Å². The number of rotatable bonds is 12. The predicted molar refractivity (Wildman–Crippen MR) is 107 cm³/mol. The highest BCUT2D eigenvalue weighted by Gasteiger charge is 1.99. The van der Waals surface area contributed by atoms with Crippen LogP contribution in [0.25, 0.3) is 0 Å². The monoisotopic (exact) mass is 359 g/mol. The summed E-state index contributed by atoms with van der Waals surface area (Å²) in [5, 5.41) is 4.26. The van der Waals surface area contributed by atoms with E-state index in [0.717, 1.165) is 29.4 Å². The highest BCUT2D eigenvalue weighted by molar-refractivity contribution is 6.30. The van der Waals surface area contributed by atoms with Crippen molar-refractivity contribution in [1.29, 1.82) is 0 Å². The van der Waals surface area contributed by atoms with Crippen molar-refractivity contribution in [2.24, 2.45) is 0 Å². The Labute approximate surface area is 157 Å². The van der Waals surface area contributed by atoms with Crippen molar-refractivity contribution in [1.82, 2.24) is 5.32 Å². The fourth-order valence-corrected chi connectivity index (χ4v) is 2.97. The Balaban J connectivity index is 1.61. The summed E-state index contributed by atoms with van der Waals surface area (Å²) >= 11 is 5.99. The van der Waals surface area contributed by atoms with Crippen LogP contribution in [0.2, 0.25) is 5.02 Å². The minimum atomic E-state index is 0.538. The maximum Gasteiger partial charge on any atom is 0.119 e. The molecule has 3 heteroatoms. The first-order valence-electron chi connectivity index (χ1n) is 9.45. The van der Waals surface area contributed by atoms with Gasteiger partial charge < -0.3 is 10.1 Å². The van der Waals surface area contributed by atoms with Crippen molar-refractivity contribution in [3.63, 3.8) is 0 Å². The van der Waals surface area contributed by atoms with Gasteiger partial charge in [0.05, 0.1) is 0 Å². The predicted octanol–water partition coefficient (Wildman–Crippen LogP) is 6.37. The molecule has 0 bridgehead atoms. The molecule has 0 saturated heterocycles. The molecule has 25 heavy (non-hydrogen) atoms. The highest BCUT2D eigenvalue weighted by Crippen LogP contribution is 2.16. The number of unbranched alkanes of at least 4 members (excludes halogenated alkanes) is 5. The molecule has 136 valence electrons. The average molecular weight is 360 g/mol. The molecule has 2 nitrogen and oxygen atoms in total. The quantitative estimate of drug-likeness (QED) is 0.444. The lowest BCUT2D eigenvalue weighted by Crippen LogP contribution is -2.14. The maximum absolute atomic E-state index is 5.99. The Morgan fingerprint density at radius 2 is 1.64 bits per heavy atom. The van der Waals surface area contributed by atoms with Gasteiger partial charge in [-0.3, -0.25) is 0 Å². The number of hydrogen-bond donors (Lipinski definition) is 1.